The van der Waals surface area contributed by atoms with E-state index in [9.17, 15) is 9.59 Å². The second kappa shape index (κ2) is 9.02. The molecule has 1 aromatic rings. The predicted octanol–water partition coefficient (Wildman–Crippen LogP) is 1.73. The quantitative estimate of drug-likeness (QED) is 0.699. The zero-order valence-corrected chi connectivity index (χ0v) is 13.6. The van der Waals surface area contributed by atoms with Gasteiger partial charge < -0.3 is 20.7 Å². The second-order valence-electron chi connectivity index (χ2n) is 5.71. The third-order valence-electron chi connectivity index (χ3n) is 3.80. The van der Waals surface area contributed by atoms with E-state index in [0.717, 1.165) is 24.2 Å². The molecule has 0 spiro atoms. The van der Waals surface area contributed by atoms with E-state index >= 15 is 0 Å². The predicted molar refractivity (Wildman–Crippen MR) is 88.5 cm³/mol. The Labute approximate surface area is 137 Å². The second-order valence-corrected chi connectivity index (χ2v) is 5.71. The number of nitrogens with one attached hydrogen (secondary N) is 3. The highest BCUT2D eigenvalue weighted by Gasteiger charge is 2.21. The molecule has 3 amide bonds. The molecule has 0 bridgehead atoms. The molecule has 23 heavy (non-hydrogen) atoms. The van der Waals surface area contributed by atoms with E-state index in [-0.39, 0.29) is 11.9 Å². The molecule has 1 atom stereocenters. The van der Waals surface area contributed by atoms with Crippen LogP contribution >= 0.6 is 0 Å². The third-order valence-corrected chi connectivity index (χ3v) is 3.80. The lowest BCUT2D eigenvalue weighted by Gasteiger charge is -2.16. The minimum atomic E-state index is -0.430. The molecule has 0 radical (unpaired) electrons. The molecule has 1 saturated heterocycles. The molecule has 1 unspecified atom stereocenters. The number of urea groups is 1. The molecule has 1 aliphatic rings. The average molecular weight is 319 g/mol. The van der Waals surface area contributed by atoms with Crippen LogP contribution in [0.15, 0.2) is 24.3 Å². The Kier molecular flexibility index (Phi) is 6.72. The minimum Gasteiger partial charge on any atom is -0.493 e. The van der Waals surface area contributed by atoms with Gasteiger partial charge in [0.25, 0.3) is 0 Å². The van der Waals surface area contributed by atoms with Crippen LogP contribution in [0.25, 0.3) is 0 Å². The van der Waals surface area contributed by atoms with Crippen molar-refractivity contribution in [3.63, 3.8) is 0 Å². The Hall–Kier alpha value is -2.24. The molecule has 1 heterocycles. The Morgan fingerprint density at radius 3 is 3.00 bits per heavy atom. The largest absolute Gasteiger partial charge is 0.493 e. The zero-order chi connectivity index (χ0) is 16.5. The summed E-state index contributed by atoms with van der Waals surface area (Å²) in [5.41, 5.74) is 1.09. The number of benzene rings is 1. The maximum absolute atomic E-state index is 11.8. The van der Waals surface area contributed by atoms with Gasteiger partial charge in [-0.25, -0.2) is 4.79 Å². The number of hydrogen-bond donors (Lipinski definition) is 3. The van der Waals surface area contributed by atoms with E-state index in [1.807, 2.05) is 31.2 Å². The maximum Gasteiger partial charge on any atom is 0.315 e. The van der Waals surface area contributed by atoms with Gasteiger partial charge in [0, 0.05) is 13.1 Å². The van der Waals surface area contributed by atoms with Crippen molar-refractivity contribution in [1.29, 1.82) is 0 Å². The van der Waals surface area contributed by atoms with Gasteiger partial charge >= 0.3 is 6.03 Å². The van der Waals surface area contributed by atoms with Crippen molar-refractivity contribution in [2.45, 2.75) is 38.6 Å². The van der Waals surface area contributed by atoms with Crippen LogP contribution in [-0.4, -0.2) is 37.7 Å². The lowest BCUT2D eigenvalue weighted by Crippen LogP contribution is -2.49. The summed E-state index contributed by atoms with van der Waals surface area (Å²) in [5.74, 6) is 0.771. The minimum absolute atomic E-state index is 0.0967. The van der Waals surface area contributed by atoms with Crippen LogP contribution < -0.4 is 20.7 Å². The smallest absolute Gasteiger partial charge is 0.315 e. The van der Waals surface area contributed by atoms with Gasteiger partial charge in [-0.1, -0.05) is 18.2 Å². The van der Waals surface area contributed by atoms with Crippen LogP contribution in [-0.2, 0) is 4.79 Å². The molecule has 6 nitrogen and oxygen atoms in total. The molecule has 0 saturated carbocycles. The van der Waals surface area contributed by atoms with Crippen molar-refractivity contribution in [2.24, 2.45) is 0 Å². The maximum atomic E-state index is 11.8. The van der Waals surface area contributed by atoms with E-state index in [1.165, 1.54) is 0 Å². The van der Waals surface area contributed by atoms with Crippen molar-refractivity contribution >= 4 is 11.9 Å². The van der Waals surface area contributed by atoms with Gasteiger partial charge in [0.05, 0.1) is 6.61 Å². The first-order valence-electron chi connectivity index (χ1n) is 8.17. The Morgan fingerprint density at radius 1 is 1.35 bits per heavy atom. The van der Waals surface area contributed by atoms with Crippen LogP contribution in [0.3, 0.4) is 0 Å². The summed E-state index contributed by atoms with van der Waals surface area (Å²) < 4.78 is 5.67. The number of carbonyl (C=O) groups excluding carboxylic acids is 2. The number of para-hydroxylation sites is 1. The lowest BCUT2D eigenvalue weighted by atomic mass is 10.1. The van der Waals surface area contributed by atoms with Gasteiger partial charge in [-0.3, -0.25) is 4.79 Å². The third kappa shape index (κ3) is 5.81. The van der Waals surface area contributed by atoms with Gasteiger partial charge in [0.1, 0.15) is 11.8 Å². The Morgan fingerprint density at radius 2 is 2.17 bits per heavy atom. The zero-order valence-electron chi connectivity index (χ0n) is 13.6. The highest BCUT2D eigenvalue weighted by atomic mass is 16.5. The number of aryl methyl sites for hydroxylation is 1. The standard InChI is InChI=1S/C17H25N3O3/c1-13-7-2-3-9-15(13)23-12-6-11-19-17(22)20-14-8-4-5-10-18-16(14)21/h2-3,7,9,14H,4-6,8,10-12H2,1H3,(H,18,21)(H2,19,20,22). The fourth-order valence-electron chi connectivity index (χ4n) is 2.46. The van der Waals surface area contributed by atoms with Crippen LogP contribution in [0.4, 0.5) is 4.79 Å². The Balaban J connectivity index is 1.61. The van der Waals surface area contributed by atoms with Crippen molar-refractivity contribution in [1.82, 2.24) is 16.0 Å². The number of ether oxygens (including phenoxy) is 1. The molecule has 2 rings (SSSR count). The van der Waals surface area contributed by atoms with E-state index in [4.69, 9.17) is 4.74 Å². The van der Waals surface area contributed by atoms with Crippen molar-refractivity contribution in [3.8, 4) is 5.75 Å². The van der Waals surface area contributed by atoms with Crippen molar-refractivity contribution < 1.29 is 14.3 Å². The van der Waals surface area contributed by atoms with E-state index in [2.05, 4.69) is 16.0 Å². The highest BCUT2D eigenvalue weighted by Crippen LogP contribution is 2.15. The summed E-state index contributed by atoms with van der Waals surface area (Å²) in [5, 5.41) is 8.28. The lowest BCUT2D eigenvalue weighted by molar-refractivity contribution is -0.122. The van der Waals surface area contributed by atoms with Crippen molar-refractivity contribution in [2.75, 3.05) is 19.7 Å². The van der Waals surface area contributed by atoms with Crippen LogP contribution in [0.2, 0.25) is 0 Å². The number of rotatable bonds is 6. The summed E-state index contributed by atoms with van der Waals surface area (Å²) in [6.07, 6.45) is 3.30. The SMILES string of the molecule is Cc1ccccc1OCCCNC(=O)NC1CCCCNC1=O. The molecule has 0 aliphatic carbocycles. The molecular weight excluding hydrogens is 294 g/mol. The summed E-state index contributed by atoms with van der Waals surface area (Å²) in [6.45, 7) is 3.73. The Bertz CT molecular complexity index is 534. The summed E-state index contributed by atoms with van der Waals surface area (Å²) in [7, 11) is 0. The van der Waals surface area contributed by atoms with Crippen LogP contribution in [0.5, 0.6) is 5.75 Å². The first kappa shape index (κ1) is 17.1. The van der Waals surface area contributed by atoms with Crippen molar-refractivity contribution in [3.05, 3.63) is 29.8 Å². The molecule has 126 valence electrons. The molecule has 1 aromatic carbocycles. The average Bonchev–Trinajstić information content (AvgIpc) is 2.74. The molecule has 1 aliphatic heterocycles. The summed E-state index contributed by atoms with van der Waals surface area (Å²) in [6, 6.07) is 7.10. The van der Waals surface area contributed by atoms with E-state index < -0.39 is 6.04 Å². The molecule has 6 heteroatoms. The van der Waals surface area contributed by atoms with Gasteiger partial charge in [0.2, 0.25) is 5.91 Å². The highest BCUT2D eigenvalue weighted by molar-refractivity contribution is 5.87. The fourth-order valence-corrected chi connectivity index (χ4v) is 2.46. The van der Waals surface area contributed by atoms with Gasteiger partial charge in [0.15, 0.2) is 0 Å². The number of carbonyl (C=O) groups is 2. The number of hydrogen-bond acceptors (Lipinski definition) is 3. The molecule has 3 N–H and O–H groups in total. The summed E-state index contributed by atoms with van der Waals surface area (Å²) >= 11 is 0. The molecular formula is C17H25N3O3. The first-order chi connectivity index (χ1) is 11.2. The first-order valence-corrected chi connectivity index (χ1v) is 8.17. The normalized spacial score (nSPS) is 17.8. The fraction of sp³-hybridized carbons (Fsp3) is 0.529. The monoisotopic (exact) mass is 319 g/mol. The topological polar surface area (TPSA) is 79.5 Å². The van der Waals surface area contributed by atoms with Crippen LogP contribution in [0, 0.1) is 6.92 Å². The molecule has 0 aromatic heterocycles. The number of amides is 3. The van der Waals surface area contributed by atoms with Crippen LogP contribution in [0.1, 0.15) is 31.2 Å². The van der Waals surface area contributed by atoms with Gasteiger partial charge in [-0.15, -0.1) is 0 Å². The van der Waals surface area contributed by atoms with E-state index in [0.29, 0.717) is 32.5 Å². The van der Waals surface area contributed by atoms with Gasteiger partial charge in [-0.05, 0) is 44.2 Å². The molecule has 1 fully saturated rings. The summed E-state index contributed by atoms with van der Waals surface area (Å²) in [4.78, 5) is 23.6. The van der Waals surface area contributed by atoms with Gasteiger partial charge in [-0.2, -0.15) is 0 Å². The van der Waals surface area contributed by atoms with E-state index in [1.54, 1.807) is 0 Å².